The molecule has 0 bridgehead atoms. The van der Waals surface area contributed by atoms with Crippen molar-refractivity contribution in [1.82, 2.24) is 5.32 Å². The maximum atomic E-state index is 10.9. The predicted octanol–water partition coefficient (Wildman–Crippen LogP) is 4.86. The van der Waals surface area contributed by atoms with E-state index < -0.39 is 4.92 Å². The molecule has 0 radical (unpaired) electrons. The number of nitro groups is 1. The van der Waals surface area contributed by atoms with Crippen LogP contribution >= 0.6 is 27.5 Å². The minimum atomic E-state index is -0.395. The fourth-order valence-electron chi connectivity index (χ4n) is 1.97. The number of nitrogens with one attached hydrogen (secondary N) is 1. The van der Waals surface area contributed by atoms with Gasteiger partial charge in [-0.05, 0) is 52.2 Å². The molecule has 1 atom stereocenters. The van der Waals surface area contributed by atoms with Gasteiger partial charge in [0.05, 0.1) is 9.40 Å². The SMILES string of the molecule is C[C@@H](NCc1ccc(Br)c([N+](=O)[O-])c1)c1cccc(Cl)c1. The molecular weight excluding hydrogens is 356 g/mol. The summed E-state index contributed by atoms with van der Waals surface area (Å²) in [5, 5.41) is 14.9. The molecule has 0 aliphatic carbocycles. The first-order chi connectivity index (χ1) is 9.97. The first-order valence-electron chi connectivity index (χ1n) is 6.39. The Morgan fingerprint density at radius 3 is 2.76 bits per heavy atom. The van der Waals surface area contributed by atoms with E-state index in [1.165, 1.54) is 0 Å². The van der Waals surface area contributed by atoms with Gasteiger partial charge in [0, 0.05) is 23.7 Å². The van der Waals surface area contributed by atoms with Crippen LogP contribution < -0.4 is 5.32 Å². The lowest BCUT2D eigenvalue weighted by Crippen LogP contribution is -2.18. The van der Waals surface area contributed by atoms with E-state index in [1.807, 2.05) is 37.3 Å². The van der Waals surface area contributed by atoms with Gasteiger partial charge >= 0.3 is 0 Å². The van der Waals surface area contributed by atoms with Crippen molar-refractivity contribution in [3.63, 3.8) is 0 Å². The fraction of sp³-hybridized carbons (Fsp3) is 0.200. The first-order valence-corrected chi connectivity index (χ1v) is 7.56. The number of nitrogens with zero attached hydrogens (tertiary/aromatic N) is 1. The van der Waals surface area contributed by atoms with Crippen LogP contribution in [0.3, 0.4) is 0 Å². The lowest BCUT2D eigenvalue weighted by molar-refractivity contribution is -0.385. The second-order valence-corrected chi connectivity index (χ2v) is 5.99. The van der Waals surface area contributed by atoms with Gasteiger partial charge in [-0.2, -0.15) is 0 Å². The van der Waals surface area contributed by atoms with Crippen molar-refractivity contribution in [2.24, 2.45) is 0 Å². The lowest BCUT2D eigenvalue weighted by Gasteiger charge is -2.14. The van der Waals surface area contributed by atoms with E-state index >= 15 is 0 Å². The third-order valence-corrected chi connectivity index (χ3v) is 4.07. The van der Waals surface area contributed by atoms with E-state index in [4.69, 9.17) is 11.6 Å². The molecule has 0 saturated heterocycles. The van der Waals surface area contributed by atoms with Crippen LogP contribution in [0.4, 0.5) is 5.69 Å². The van der Waals surface area contributed by atoms with Gasteiger partial charge in [-0.25, -0.2) is 0 Å². The molecule has 2 rings (SSSR count). The minimum absolute atomic E-state index is 0.0738. The summed E-state index contributed by atoms with van der Waals surface area (Å²) in [6.45, 7) is 2.57. The van der Waals surface area contributed by atoms with Gasteiger partial charge in [0.1, 0.15) is 0 Å². The molecule has 0 fully saturated rings. The lowest BCUT2D eigenvalue weighted by atomic mass is 10.1. The third kappa shape index (κ3) is 4.27. The van der Waals surface area contributed by atoms with Crippen LogP contribution in [-0.4, -0.2) is 4.92 Å². The quantitative estimate of drug-likeness (QED) is 0.605. The van der Waals surface area contributed by atoms with Gasteiger partial charge in [0.15, 0.2) is 0 Å². The Hall–Kier alpha value is -1.43. The van der Waals surface area contributed by atoms with Gasteiger partial charge in [0.2, 0.25) is 0 Å². The average molecular weight is 370 g/mol. The van der Waals surface area contributed by atoms with Crippen LogP contribution in [0.2, 0.25) is 5.02 Å². The number of benzene rings is 2. The number of halogens is 2. The van der Waals surface area contributed by atoms with E-state index in [2.05, 4.69) is 21.2 Å². The zero-order valence-corrected chi connectivity index (χ0v) is 13.7. The number of hydrogen-bond acceptors (Lipinski definition) is 3. The average Bonchev–Trinajstić information content (AvgIpc) is 2.45. The molecule has 0 amide bonds. The summed E-state index contributed by atoms with van der Waals surface area (Å²) in [7, 11) is 0. The Morgan fingerprint density at radius 2 is 2.10 bits per heavy atom. The van der Waals surface area contributed by atoms with Gasteiger partial charge in [-0.3, -0.25) is 10.1 Å². The topological polar surface area (TPSA) is 55.2 Å². The van der Waals surface area contributed by atoms with Crippen LogP contribution in [-0.2, 0) is 6.54 Å². The molecular formula is C15H14BrClN2O2. The highest BCUT2D eigenvalue weighted by atomic mass is 79.9. The number of rotatable bonds is 5. The third-order valence-electron chi connectivity index (χ3n) is 3.17. The fourth-order valence-corrected chi connectivity index (χ4v) is 2.56. The van der Waals surface area contributed by atoms with E-state index in [9.17, 15) is 10.1 Å². The largest absolute Gasteiger partial charge is 0.306 e. The van der Waals surface area contributed by atoms with Crippen LogP contribution in [0.1, 0.15) is 24.1 Å². The second kappa shape index (κ2) is 7.02. The molecule has 0 aliphatic rings. The molecule has 6 heteroatoms. The molecule has 21 heavy (non-hydrogen) atoms. The standard InChI is InChI=1S/C15H14BrClN2O2/c1-10(12-3-2-4-13(17)8-12)18-9-11-5-6-14(16)15(7-11)19(20)21/h2-8,10,18H,9H2,1H3/t10-/m1/s1. The molecule has 0 aliphatic heterocycles. The maximum absolute atomic E-state index is 10.9. The van der Waals surface area contributed by atoms with Crippen molar-refractivity contribution >= 4 is 33.2 Å². The van der Waals surface area contributed by atoms with Crippen LogP contribution in [0.5, 0.6) is 0 Å². The highest BCUT2D eigenvalue weighted by molar-refractivity contribution is 9.10. The monoisotopic (exact) mass is 368 g/mol. The number of nitro benzene ring substituents is 1. The van der Waals surface area contributed by atoms with Crippen LogP contribution in [0.15, 0.2) is 46.9 Å². The van der Waals surface area contributed by atoms with E-state index in [0.717, 1.165) is 11.1 Å². The van der Waals surface area contributed by atoms with Crippen molar-refractivity contribution < 1.29 is 4.92 Å². The molecule has 0 heterocycles. The zero-order chi connectivity index (χ0) is 15.4. The van der Waals surface area contributed by atoms with Gasteiger partial charge in [-0.1, -0.05) is 29.8 Å². The summed E-state index contributed by atoms with van der Waals surface area (Å²) in [6.07, 6.45) is 0. The Balaban J connectivity index is 2.06. The Kier molecular flexibility index (Phi) is 5.33. The summed E-state index contributed by atoms with van der Waals surface area (Å²) in [4.78, 5) is 10.5. The van der Waals surface area contributed by atoms with Crippen molar-refractivity contribution in [2.45, 2.75) is 19.5 Å². The predicted molar refractivity (Wildman–Crippen MR) is 87.5 cm³/mol. The van der Waals surface area contributed by atoms with Crippen molar-refractivity contribution in [3.8, 4) is 0 Å². The molecule has 4 nitrogen and oxygen atoms in total. The Morgan fingerprint density at radius 1 is 1.33 bits per heavy atom. The first kappa shape index (κ1) is 15.9. The summed E-state index contributed by atoms with van der Waals surface area (Å²) >= 11 is 9.15. The van der Waals surface area contributed by atoms with Crippen molar-refractivity contribution in [1.29, 1.82) is 0 Å². The Bertz CT molecular complexity index is 664. The summed E-state index contributed by atoms with van der Waals surface area (Å²) in [5.74, 6) is 0. The van der Waals surface area contributed by atoms with E-state index in [-0.39, 0.29) is 11.7 Å². The smallest absolute Gasteiger partial charge is 0.283 e. The Labute approximate surface area is 136 Å². The van der Waals surface area contributed by atoms with Gasteiger partial charge in [-0.15, -0.1) is 0 Å². The van der Waals surface area contributed by atoms with Crippen LogP contribution in [0.25, 0.3) is 0 Å². The molecule has 0 unspecified atom stereocenters. The van der Waals surface area contributed by atoms with E-state index in [1.54, 1.807) is 12.1 Å². The van der Waals surface area contributed by atoms with E-state index in [0.29, 0.717) is 16.0 Å². The summed E-state index contributed by atoms with van der Waals surface area (Å²) < 4.78 is 0.485. The molecule has 0 spiro atoms. The molecule has 0 saturated carbocycles. The maximum Gasteiger partial charge on any atom is 0.283 e. The van der Waals surface area contributed by atoms with Gasteiger partial charge in [0.25, 0.3) is 5.69 Å². The molecule has 110 valence electrons. The van der Waals surface area contributed by atoms with Gasteiger partial charge < -0.3 is 5.32 Å². The second-order valence-electron chi connectivity index (χ2n) is 4.70. The summed E-state index contributed by atoms with van der Waals surface area (Å²) in [6, 6.07) is 12.9. The minimum Gasteiger partial charge on any atom is -0.306 e. The molecule has 0 aromatic heterocycles. The molecule has 2 aromatic carbocycles. The highest BCUT2D eigenvalue weighted by Crippen LogP contribution is 2.26. The number of hydrogen-bond donors (Lipinski definition) is 1. The molecule has 2 aromatic rings. The molecule has 1 N–H and O–H groups in total. The van der Waals surface area contributed by atoms with Crippen LogP contribution in [0, 0.1) is 10.1 Å². The van der Waals surface area contributed by atoms with Crippen molar-refractivity contribution in [3.05, 3.63) is 73.2 Å². The summed E-state index contributed by atoms with van der Waals surface area (Å²) in [5.41, 5.74) is 2.01. The normalized spacial score (nSPS) is 12.1. The zero-order valence-electron chi connectivity index (χ0n) is 11.3. The highest BCUT2D eigenvalue weighted by Gasteiger charge is 2.13. The van der Waals surface area contributed by atoms with Crippen molar-refractivity contribution in [2.75, 3.05) is 0 Å².